The molecule has 3 N–H and O–H groups in total. The molecule has 2 heterocycles. The van der Waals surface area contributed by atoms with Gasteiger partial charge in [-0.05, 0) is 19.4 Å². The molecular weight excluding hydrogens is 400 g/mol. The van der Waals surface area contributed by atoms with Crippen molar-refractivity contribution >= 4 is 42.4 Å². The van der Waals surface area contributed by atoms with E-state index in [0.717, 1.165) is 5.01 Å². The summed E-state index contributed by atoms with van der Waals surface area (Å²) in [5, 5.41) is 12.4. The molecular formula is C18H20N4O6S. The first-order chi connectivity index (χ1) is 13.7. The monoisotopic (exact) mass is 420 g/mol. The average molecular weight is 420 g/mol. The molecule has 0 spiro atoms. The van der Waals surface area contributed by atoms with Crippen LogP contribution in [0.4, 0.5) is 0 Å². The summed E-state index contributed by atoms with van der Waals surface area (Å²) in [5.41, 5.74) is 2.59. The van der Waals surface area contributed by atoms with E-state index < -0.39 is 46.0 Å². The fraction of sp³-hybridized carbons (Fsp3) is 0.389. The van der Waals surface area contributed by atoms with Gasteiger partial charge in [-0.25, -0.2) is 9.80 Å². The van der Waals surface area contributed by atoms with Crippen LogP contribution in [0, 0.1) is 0 Å². The van der Waals surface area contributed by atoms with Gasteiger partial charge in [0.25, 0.3) is 0 Å². The van der Waals surface area contributed by atoms with E-state index in [1.54, 1.807) is 44.2 Å². The van der Waals surface area contributed by atoms with Gasteiger partial charge in [0.2, 0.25) is 24.6 Å². The van der Waals surface area contributed by atoms with Crippen LogP contribution in [0.2, 0.25) is 0 Å². The van der Waals surface area contributed by atoms with Gasteiger partial charge in [-0.2, -0.15) is 0 Å². The van der Waals surface area contributed by atoms with Crippen molar-refractivity contribution in [1.82, 2.24) is 20.7 Å². The Morgan fingerprint density at radius 1 is 1.28 bits per heavy atom. The van der Waals surface area contributed by atoms with E-state index in [1.807, 2.05) is 0 Å². The zero-order valence-electron chi connectivity index (χ0n) is 15.6. The van der Waals surface area contributed by atoms with E-state index in [-0.39, 0.29) is 6.41 Å². The highest BCUT2D eigenvalue weighted by Gasteiger charge is 2.64. The van der Waals surface area contributed by atoms with Gasteiger partial charge in [0.1, 0.15) is 17.5 Å². The number of β-lactam (4-membered cyclic amide) rings is 1. The first kappa shape index (κ1) is 20.6. The van der Waals surface area contributed by atoms with Crippen molar-refractivity contribution in [3.8, 4) is 0 Å². The lowest BCUT2D eigenvalue weighted by molar-refractivity contribution is -0.161. The standard InChI is InChI=1S/C18H20N4O6S/c1-18(2)13(17(27)28)22-15(26)11(16(22)29-18)20-14(25)12(21(9-24)19-8-23)10-6-4-3-5-7-10/h3-9,11-13,16H,1-2H3,(H,19,23)(H,20,25)(H,27,28)/t11-,12?,13-,16+/m0/s1. The number of carboxylic acids is 1. The predicted octanol–water partition coefficient (Wildman–Crippen LogP) is -0.521. The molecule has 2 aliphatic heterocycles. The summed E-state index contributed by atoms with van der Waals surface area (Å²) in [6, 6.07) is 5.17. The van der Waals surface area contributed by atoms with Gasteiger partial charge < -0.3 is 15.3 Å². The molecule has 1 aromatic carbocycles. The van der Waals surface area contributed by atoms with Crippen LogP contribution in [0.25, 0.3) is 0 Å². The molecule has 4 atom stereocenters. The number of aliphatic carboxylic acids is 1. The Hall–Kier alpha value is -3.08. The second kappa shape index (κ2) is 7.74. The minimum atomic E-state index is -1.20. The van der Waals surface area contributed by atoms with Crippen LogP contribution in [0.5, 0.6) is 0 Å². The summed E-state index contributed by atoms with van der Waals surface area (Å²) in [4.78, 5) is 60.7. The molecule has 4 amide bonds. The number of carbonyl (C=O) groups excluding carboxylic acids is 4. The smallest absolute Gasteiger partial charge is 0.327 e. The van der Waals surface area contributed by atoms with Gasteiger partial charge in [-0.3, -0.25) is 24.6 Å². The molecule has 3 rings (SSSR count). The second-order valence-corrected chi connectivity index (χ2v) is 8.93. The van der Waals surface area contributed by atoms with Gasteiger partial charge in [-0.15, -0.1) is 11.8 Å². The van der Waals surface area contributed by atoms with E-state index in [9.17, 15) is 29.1 Å². The summed E-state index contributed by atoms with van der Waals surface area (Å²) in [5.74, 6) is -2.28. The molecule has 10 nitrogen and oxygen atoms in total. The lowest BCUT2D eigenvalue weighted by atomic mass is 9.95. The third-order valence-electron chi connectivity index (χ3n) is 4.93. The molecule has 2 saturated heterocycles. The number of nitrogens with one attached hydrogen (secondary N) is 2. The van der Waals surface area contributed by atoms with Gasteiger partial charge in [-0.1, -0.05) is 30.3 Å². The van der Waals surface area contributed by atoms with Crippen LogP contribution in [0.1, 0.15) is 25.5 Å². The quantitative estimate of drug-likeness (QED) is 0.292. The minimum Gasteiger partial charge on any atom is -0.480 e. The van der Waals surface area contributed by atoms with Crippen molar-refractivity contribution in [2.24, 2.45) is 0 Å². The Bertz CT molecular complexity index is 848. The second-order valence-electron chi connectivity index (χ2n) is 7.16. The van der Waals surface area contributed by atoms with E-state index in [1.165, 1.54) is 16.7 Å². The molecule has 1 aromatic rings. The maximum absolute atomic E-state index is 13.0. The van der Waals surface area contributed by atoms with Crippen molar-refractivity contribution in [3.05, 3.63) is 35.9 Å². The number of fused-ring (bicyclic) bond motifs is 1. The highest BCUT2D eigenvalue weighted by atomic mass is 32.2. The van der Waals surface area contributed by atoms with E-state index in [4.69, 9.17) is 0 Å². The number of amides is 4. The fourth-order valence-corrected chi connectivity index (χ4v) is 5.30. The zero-order valence-corrected chi connectivity index (χ0v) is 16.5. The van der Waals surface area contributed by atoms with Gasteiger partial charge in [0.05, 0.1) is 0 Å². The summed E-state index contributed by atoms with van der Waals surface area (Å²) in [7, 11) is 0. The molecule has 0 saturated carbocycles. The number of benzene rings is 1. The number of hydrogen-bond donors (Lipinski definition) is 3. The Morgan fingerprint density at radius 2 is 1.93 bits per heavy atom. The van der Waals surface area contributed by atoms with Gasteiger partial charge in [0.15, 0.2) is 6.04 Å². The first-order valence-electron chi connectivity index (χ1n) is 8.74. The largest absolute Gasteiger partial charge is 0.480 e. The van der Waals surface area contributed by atoms with Crippen molar-refractivity contribution in [1.29, 1.82) is 0 Å². The van der Waals surface area contributed by atoms with E-state index in [2.05, 4.69) is 10.7 Å². The maximum Gasteiger partial charge on any atom is 0.327 e. The summed E-state index contributed by atoms with van der Waals surface area (Å²) < 4.78 is -0.724. The number of hydrazine groups is 1. The molecule has 2 fully saturated rings. The molecule has 0 aliphatic carbocycles. The topological polar surface area (TPSA) is 136 Å². The van der Waals surface area contributed by atoms with Crippen LogP contribution in [0.15, 0.2) is 30.3 Å². The molecule has 0 radical (unpaired) electrons. The SMILES string of the molecule is CC1(C)S[C@@H]2[C@@H](NC(=O)C(c3ccccc3)N(C=O)NC=O)C(=O)N2[C@H]1C(=O)O. The summed E-state index contributed by atoms with van der Waals surface area (Å²) >= 11 is 1.29. The fourth-order valence-electron chi connectivity index (χ4n) is 3.68. The van der Waals surface area contributed by atoms with Gasteiger partial charge in [0, 0.05) is 4.75 Å². The molecule has 11 heteroatoms. The molecule has 29 heavy (non-hydrogen) atoms. The van der Waals surface area contributed by atoms with Crippen LogP contribution >= 0.6 is 11.8 Å². The number of carbonyl (C=O) groups is 5. The Kier molecular flexibility index (Phi) is 5.51. The lowest BCUT2D eigenvalue weighted by Crippen LogP contribution is -2.71. The lowest BCUT2D eigenvalue weighted by Gasteiger charge is -2.44. The molecule has 0 aromatic heterocycles. The molecule has 2 aliphatic rings. The van der Waals surface area contributed by atoms with Crippen molar-refractivity contribution in [2.75, 3.05) is 0 Å². The first-order valence-corrected chi connectivity index (χ1v) is 9.62. The van der Waals surface area contributed by atoms with E-state index in [0.29, 0.717) is 12.0 Å². The number of thioether (sulfide) groups is 1. The predicted molar refractivity (Wildman–Crippen MR) is 102 cm³/mol. The third kappa shape index (κ3) is 3.53. The number of hydrogen-bond acceptors (Lipinski definition) is 6. The van der Waals surface area contributed by atoms with Crippen LogP contribution in [0.3, 0.4) is 0 Å². The van der Waals surface area contributed by atoms with Crippen LogP contribution < -0.4 is 10.7 Å². The minimum absolute atomic E-state index is 0.265. The number of rotatable bonds is 8. The summed E-state index contributed by atoms with van der Waals surface area (Å²) in [6.07, 6.45) is 0.565. The highest BCUT2D eigenvalue weighted by Crippen LogP contribution is 2.50. The highest BCUT2D eigenvalue weighted by molar-refractivity contribution is 8.01. The number of carboxylic acid groups (broad SMARTS) is 1. The van der Waals surface area contributed by atoms with Crippen LogP contribution in [-0.2, 0) is 24.0 Å². The van der Waals surface area contributed by atoms with Crippen molar-refractivity contribution in [3.63, 3.8) is 0 Å². The van der Waals surface area contributed by atoms with Crippen LogP contribution in [-0.4, -0.2) is 67.8 Å². The summed E-state index contributed by atoms with van der Waals surface area (Å²) in [6.45, 7) is 3.46. The van der Waals surface area contributed by atoms with Crippen molar-refractivity contribution in [2.45, 2.75) is 42.1 Å². The normalized spacial score (nSPS) is 25.2. The molecule has 1 unspecified atom stereocenters. The Balaban J connectivity index is 1.82. The van der Waals surface area contributed by atoms with Crippen molar-refractivity contribution < 1.29 is 29.1 Å². The van der Waals surface area contributed by atoms with E-state index >= 15 is 0 Å². The maximum atomic E-state index is 13.0. The zero-order chi connectivity index (χ0) is 21.3. The average Bonchev–Trinajstić information content (AvgIpc) is 2.94. The number of nitrogens with zero attached hydrogens (tertiary/aromatic N) is 2. The Labute approximate surface area is 170 Å². The molecule has 154 valence electrons. The molecule has 0 bridgehead atoms. The van der Waals surface area contributed by atoms with Gasteiger partial charge >= 0.3 is 5.97 Å². The Morgan fingerprint density at radius 3 is 2.48 bits per heavy atom. The third-order valence-corrected chi connectivity index (χ3v) is 6.50.